The Balaban J connectivity index is 0.789. The minimum Gasteiger partial charge on any atom is -0.508 e. The third-order valence-corrected chi connectivity index (χ3v) is 13.4. The first kappa shape index (κ1) is 38.1. The Morgan fingerprint density at radius 2 is 1.53 bits per heavy atom. The number of carbonyl (C=O) groups excluding carboxylic acids is 4. The van der Waals surface area contributed by atoms with Crippen LogP contribution in [0.3, 0.4) is 0 Å². The van der Waals surface area contributed by atoms with Crippen molar-refractivity contribution in [3.8, 4) is 11.5 Å². The number of carbonyl (C=O) groups is 4. The molecular formula is C48H52N4O6. The highest BCUT2D eigenvalue weighted by Crippen LogP contribution is 2.47. The van der Waals surface area contributed by atoms with Crippen molar-refractivity contribution < 1.29 is 29.0 Å². The molecule has 3 aliphatic heterocycles. The standard InChI is InChI=1S/C48H52N4O6/c1-29(2)51(35-25-38(26-35)58-37-14-17-41-42(27-37)48(57)52(47(41)56)43-18-19-44(54)49-46(43)55)28-30-20-22-50(23-21-30)34-11-8-32(9-12-34)45-39(31-6-4-3-5-7-31)15-10-33-24-36(53)13-16-40(33)45/h3-9,11-14,16-17,24,27,29-30,35,38-39,43,45,53H,10,15,18-23,25-26,28H2,1-2H3,(H,49,54,55)/t35-,38-,39-,43?,45+/m1/s1. The van der Waals surface area contributed by atoms with Crippen molar-refractivity contribution in [1.29, 1.82) is 0 Å². The summed E-state index contributed by atoms with van der Waals surface area (Å²) in [7, 11) is 0. The number of hydrogen-bond donors (Lipinski definition) is 2. The van der Waals surface area contributed by atoms with E-state index in [-0.39, 0.29) is 36.0 Å². The molecule has 1 saturated carbocycles. The summed E-state index contributed by atoms with van der Waals surface area (Å²) < 4.78 is 6.34. The van der Waals surface area contributed by atoms with Gasteiger partial charge in [0.1, 0.15) is 23.6 Å². The largest absolute Gasteiger partial charge is 0.508 e. The summed E-state index contributed by atoms with van der Waals surface area (Å²) in [5.41, 5.74) is 7.04. The first-order valence-corrected chi connectivity index (χ1v) is 21.1. The average molecular weight is 781 g/mol. The van der Waals surface area contributed by atoms with Crippen LogP contribution in [0.2, 0.25) is 0 Å². The summed E-state index contributed by atoms with van der Waals surface area (Å²) in [4.78, 5) is 56.7. The molecule has 3 fully saturated rings. The Hall–Kier alpha value is -5.48. The van der Waals surface area contributed by atoms with E-state index in [0.29, 0.717) is 35.4 Å². The summed E-state index contributed by atoms with van der Waals surface area (Å²) in [5, 5.41) is 12.5. The molecule has 10 heteroatoms. The van der Waals surface area contributed by atoms with Gasteiger partial charge in [-0.05, 0) is 123 Å². The minimum atomic E-state index is -0.986. The van der Waals surface area contributed by atoms with E-state index in [4.69, 9.17) is 4.74 Å². The van der Waals surface area contributed by atoms with E-state index >= 15 is 0 Å². The van der Waals surface area contributed by atoms with Crippen molar-refractivity contribution >= 4 is 29.3 Å². The molecule has 0 spiro atoms. The van der Waals surface area contributed by atoms with E-state index in [1.54, 1.807) is 18.2 Å². The van der Waals surface area contributed by atoms with E-state index in [0.717, 1.165) is 63.1 Å². The van der Waals surface area contributed by atoms with Gasteiger partial charge in [-0.15, -0.1) is 0 Å². The molecule has 5 aliphatic rings. The fourth-order valence-electron chi connectivity index (χ4n) is 10.2. The van der Waals surface area contributed by atoms with E-state index in [9.17, 15) is 24.3 Å². The molecule has 0 aromatic heterocycles. The fraction of sp³-hybridized carbons (Fsp3) is 0.417. The van der Waals surface area contributed by atoms with Crippen LogP contribution in [0.5, 0.6) is 11.5 Å². The van der Waals surface area contributed by atoms with Crippen LogP contribution in [-0.4, -0.2) is 82.4 Å². The number of imide groups is 2. The second-order valence-electron chi connectivity index (χ2n) is 17.2. The van der Waals surface area contributed by atoms with Gasteiger partial charge in [-0.1, -0.05) is 48.5 Å². The van der Waals surface area contributed by atoms with E-state index < -0.39 is 29.7 Å². The number of piperidine rings is 2. The normalized spacial score (nSPS) is 24.8. The molecule has 9 rings (SSSR count). The number of phenols is 1. The summed E-state index contributed by atoms with van der Waals surface area (Å²) in [6.07, 6.45) is 6.33. The number of amides is 4. The quantitative estimate of drug-likeness (QED) is 0.163. The zero-order chi connectivity index (χ0) is 40.1. The number of anilines is 1. The molecule has 4 amide bonds. The van der Waals surface area contributed by atoms with Crippen molar-refractivity contribution in [2.45, 2.75) is 101 Å². The van der Waals surface area contributed by atoms with Crippen LogP contribution in [0.4, 0.5) is 5.69 Å². The number of aryl methyl sites for hydroxylation is 1. The predicted molar refractivity (Wildman–Crippen MR) is 221 cm³/mol. The number of ether oxygens (including phenoxy) is 1. The molecule has 0 radical (unpaired) electrons. The van der Waals surface area contributed by atoms with Gasteiger partial charge in [0.15, 0.2) is 0 Å². The highest BCUT2D eigenvalue weighted by atomic mass is 16.5. The van der Waals surface area contributed by atoms with Gasteiger partial charge in [-0.3, -0.25) is 34.3 Å². The lowest BCUT2D eigenvalue weighted by Crippen LogP contribution is -2.54. The van der Waals surface area contributed by atoms with Crippen molar-refractivity contribution in [3.63, 3.8) is 0 Å². The maximum atomic E-state index is 13.3. The van der Waals surface area contributed by atoms with Crippen LogP contribution in [0, 0.1) is 5.92 Å². The van der Waals surface area contributed by atoms with E-state index in [1.165, 1.54) is 27.9 Å². The molecular weight excluding hydrogens is 729 g/mol. The number of phenolic OH excluding ortho intramolecular Hbond substituents is 1. The van der Waals surface area contributed by atoms with Crippen LogP contribution in [0.25, 0.3) is 0 Å². The zero-order valence-corrected chi connectivity index (χ0v) is 33.3. The smallest absolute Gasteiger partial charge is 0.262 e. The second-order valence-corrected chi connectivity index (χ2v) is 17.2. The number of benzene rings is 4. The van der Waals surface area contributed by atoms with Gasteiger partial charge in [-0.2, -0.15) is 0 Å². The van der Waals surface area contributed by atoms with Gasteiger partial charge in [0.25, 0.3) is 11.8 Å². The van der Waals surface area contributed by atoms with E-state index in [1.807, 2.05) is 12.1 Å². The van der Waals surface area contributed by atoms with Gasteiger partial charge in [0.05, 0.1) is 11.1 Å². The molecule has 4 aromatic rings. The number of aromatic hydroxyl groups is 1. The van der Waals surface area contributed by atoms with Crippen molar-refractivity contribution in [2.24, 2.45) is 5.92 Å². The third-order valence-electron chi connectivity index (χ3n) is 13.4. The maximum Gasteiger partial charge on any atom is 0.262 e. The minimum absolute atomic E-state index is 0.0183. The topological polar surface area (TPSA) is 119 Å². The third kappa shape index (κ3) is 7.27. The molecule has 10 nitrogen and oxygen atoms in total. The van der Waals surface area contributed by atoms with Crippen LogP contribution < -0.4 is 15.0 Å². The molecule has 2 aliphatic carbocycles. The van der Waals surface area contributed by atoms with Crippen LogP contribution in [0.15, 0.2) is 91.0 Å². The molecule has 0 bridgehead atoms. The van der Waals surface area contributed by atoms with Crippen LogP contribution >= 0.6 is 0 Å². The first-order valence-electron chi connectivity index (χ1n) is 21.1. The molecule has 2 saturated heterocycles. The zero-order valence-electron chi connectivity index (χ0n) is 33.3. The Labute approximate surface area is 340 Å². The number of nitrogens with one attached hydrogen (secondary N) is 1. The number of fused-ring (bicyclic) bond motifs is 2. The Bertz CT molecular complexity index is 2210. The van der Waals surface area contributed by atoms with E-state index in [2.05, 4.69) is 89.6 Å². The van der Waals surface area contributed by atoms with Crippen molar-refractivity contribution in [3.05, 3.63) is 124 Å². The van der Waals surface area contributed by atoms with Gasteiger partial charge >= 0.3 is 0 Å². The van der Waals surface area contributed by atoms with Crippen LogP contribution in [-0.2, 0) is 16.0 Å². The summed E-state index contributed by atoms with van der Waals surface area (Å²) >= 11 is 0. The SMILES string of the molecule is CC(C)N(CC1CCN(c2ccc([C@@H]3c4ccc(O)cc4CC[C@@H]3c3ccccc3)cc2)CC1)[C@H]1C[C@H](Oc2ccc3c(c2)C(=O)N(C2CCC(=O)NC2=O)C3=O)C1. The first-order chi connectivity index (χ1) is 28.1. The Morgan fingerprint density at radius 1 is 0.793 bits per heavy atom. The van der Waals surface area contributed by atoms with Crippen molar-refractivity contribution in [2.75, 3.05) is 24.5 Å². The monoisotopic (exact) mass is 780 g/mol. The van der Waals surface area contributed by atoms with Gasteiger partial charge in [0, 0.05) is 62.6 Å². The van der Waals surface area contributed by atoms with Gasteiger partial charge in [-0.25, -0.2) is 0 Å². The molecule has 4 aromatic carbocycles. The molecule has 3 atom stereocenters. The van der Waals surface area contributed by atoms with Gasteiger partial charge < -0.3 is 14.7 Å². The number of nitrogens with zero attached hydrogens (tertiary/aromatic N) is 3. The second kappa shape index (κ2) is 15.7. The molecule has 3 heterocycles. The lowest BCUT2D eigenvalue weighted by molar-refractivity contribution is -0.136. The number of hydrogen-bond acceptors (Lipinski definition) is 8. The summed E-state index contributed by atoms with van der Waals surface area (Å²) in [6.45, 7) is 7.68. The Kier molecular flexibility index (Phi) is 10.3. The summed E-state index contributed by atoms with van der Waals surface area (Å²) in [5.74, 6) is 0.0896. The molecule has 1 unspecified atom stereocenters. The van der Waals surface area contributed by atoms with Gasteiger partial charge in [0.2, 0.25) is 11.8 Å². The predicted octanol–water partition coefficient (Wildman–Crippen LogP) is 7.19. The highest BCUT2D eigenvalue weighted by molar-refractivity contribution is 6.23. The van der Waals surface area contributed by atoms with Crippen molar-refractivity contribution in [1.82, 2.24) is 15.1 Å². The lowest BCUT2D eigenvalue weighted by atomic mass is 9.69. The fourth-order valence-corrected chi connectivity index (χ4v) is 10.2. The average Bonchev–Trinajstić information content (AvgIpc) is 3.46. The number of rotatable bonds is 10. The lowest BCUT2D eigenvalue weighted by Gasteiger charge is -2.46. The summed E-state index contributed by atoms with van der Waals surface area (Å²) in [6, 6.07) is 30.9. The molecule has 300 valence electrons. The maximum absolute atomic E-state index is 13.3. The molecule has 2 N–H and O–H groups in total. The highest BCUT2D eigenvalue weighted by Gasteiger charge is 2.45. The van der Waals surface area contributed by atoms with Crippen LogP contribution in [0.1, 0.15) is 114 Å². The molecule has 58 heavy (non-hydrogen) atoms. The Morgan fingerprint density at radius 3 is 2.26 bits per heavy atom.